The van der Waals surface area contributed by atoms with Crippen LogP contribution in [0.3, 0.4) is 0 Å². The zero-order valence-electron chi connectivity index (χ0n) is 7.16. The van der Waals surface area contributed by atoms with Crippen molar-refractivity contribution >= 4 is 33.1 Å². The third-order valence-electron chi connectivity index (χ3n) is 2.09. The maximum atomic E-state index is 5.78. The average molecular weight is 259 g/mol. The molecule has 0 radical (unpaired) electrons. The molecule has 1 saturated carbocycles. The highest BCUT2D eigenvalue weighted by molar-refractivity contribution is 9.10. The number of hydrogen-bond donors (Lipinski definition) is 1. The summed E-state index contributed by atoms with van der Waals surface area (Å²) in [7, 11) is 0. The number of thiophene rings is 1. The zero-order valence-corrected chi connectivity index (χ0v) is 9.57. The maximum Gasteiger partial charge on any atom is 0.0972 e. The normalized spacial score (nSPS) is 17.8. The predicted octanol–water partition coefficient (Wildman–Crippen LogP) is 2.78. The van der Waals surface area contributed by atoms with E-state index in [0.29, 0.717) is 5.92 Å². The molecule has 0 saturated heterocycles. The second-order valence-electron chi connectivity index (χ2n) is 3.21. The first-order chi connectivity index (χ1) is 6.27. The SMILES string of the molecule is NC(=NCc1sccc1Br)C1CC1. The Morgan fingerprint density at radius 3 is 3.00 bits per heavy atom. The van der Waals surface area contributed by atoms with Gasteiger partial charge in [0.25, 0.3) is 0 Å². The van der Waals surface area contributed by atoms with E-state index >= 15 is 0 Å². The van der Waals surface area contributed by atoms with E-state index in [1.165, 1.54) is 17.7 Å². The highest BCUT2D eigenvalue weighted by atomic mass is 79.9. The predicted molar refractivity (Wildman–Crippen MR) is 60.1 cm³/mol. The molecule has 0 bridgehead atoms. The van der Waals surface area contributed by atoms with Gasteiger partial charge < -0.3 is 5.73 Å². The fraction of sp³-hybridized carbons (Fsp3) is 0.444. The number of nitrogens with zero attached hydrogens (tertiary/aromatic N) is 1. The van der Waals surface area contributed by atoms with E-state index in [1.807, 2.05) is 6.07 Å². The third-order valence-corrected chi connectivity index (χ3v) is 4.00. The molecule has 0 aliphatic heterocycles. The molecule has 0 aromatic carbocycles. The van der Waals surface area contributed by atoms with Gasteiger partial charge in [0.2, 0.25) is 0 Å². The molecule has 1 aliphatic carbocycles. The molecule has 70 valence electrons. The maximum absolute atomic E-state index is 5.78. The number of nitrogens with two attached hydrogens (primary N) is 1. The number of hydrogen-bond acceptors (Lipinski definition) is 2. The van der Waals surface area contributed by atoms with Gasteiger partial charge in [0.05, 0.1) is 12.4 Å². The van der Waals surface area contributed by atoms with Crippen LogP contribution in [-0.4, -0.2) is 5.84 Å². The molecular weight excluding hydrogens is 248 g/mol. The van der Waals surface area contributed by atoms with Gasteiger partial charge in [0.15, 0.2) is 0 Å². The van der Waals surface area contributed by atoms with Crippen LogP contribution in [0.2, 0.25) is 0 Å². The van der Waals surface area contributed by atoms with Crippen LogP contribution in [0.5, 0.6) is 0 Å². The fourth-order valence-electron chi connectivity index (χ4n) is 1.11. The number of aliphatic imine (C=N–C) groups is 1. The molecule has 1 fully saturated rings. The second kappa shape index (κ2) is 3.80. The zero-order chi connectivity index (χ0) is 9.26. The standard InChI is InChI=1S/C9H11BrN2S/c10-7-3-4-13-8(7)5-12-9(11)6-1-2-6/h3-4,6H,1-2,5H2,(H2,11,12). The largest absolute Gasteiger partial charge is 0.387 e. The Hall–Kier alpha value is -0.350. The highest BCUT2D eigenvalue weighted by Gasteiger charge is 2.25. The van der Waals surface area contributed by atoms with E-state index < -0.39 is 0 Å². The number of rotatable bonds is 3. The fourth-order valence-corrected chi connectivity index (χ4v) is 2.51. The van der Waals surface area contributed by atoms with Crippen LogP contribution in [0.15, 0.2) is 20.9 Å². The van der Waals surface area contributed by atoms with Gasteiger partial charge in [-0.2, -0.15) is 0 Å². The van der Waals surface area contributed by atoms with Gasteiger partial charge in [-0.15, -0.1) is 11.3 Å². The smallest absolute Gasteiger partial charge is 0.0972 e. The third kappa shape index (κ3) is 2.31. The summed E-state index contributed by atoms with van der Waals surface area (Å²) >= 11 is 5.18. The first-order valence-corrected chi connectivity index (χ1v) is 5.96. The number of amidine groups is 1. The number of halogens is 1. The van der Waals surface area contributed by atoms with E-state index in [1.54, 1.807) is 11.3 Å². The van der Waals surface area contributed by atoms with Crippen molar-refractivity contribution in [2.75, 3.05) is 0 Å². The van der Waals surface area contributed by atoms with E-state index in [9.17, 15) is 0 Å². The second-order valence-corrected chi connectivity index (χ2v) is 5.06. The Kier molecular flexibility index (Phi) is 2.69. The van der Waals surface area contributed by atoms with Crippen LogP contribution in [0.1, 0.15) is 17.7 Å². The van der Waals surface area contributed by atoms with Gasteiger partial charge in [-0.05, 0) is 40.2 Å². The van der Waals surface area contributed by atoms with Crippen molar-refractivity contribution in [2.24, 2.45) is 16.6 Å². The molecule has 0 spiro atoms. The van der Waals surface area contributed by atoms with Gasteiger partial charge in [-0.25, -0.2) is 0 Å². The van der Waals surface area contributed by atoms with Crippen LogP contribution in [0.25, 0.3) is 0 Å². The van der Waals surface area contributed by atoms with Crippen molar-refractivity contribution < 1.29 is 0 Å². The van der Waals surface area contributed by atoms with Crippen LogP contribution in [0.4, 0.5) is 0 Å². The summed E-state index contributed by atoms with van der Waals surface area (Å²) < 4.78 is 1.14. The molecule has 1 aromatic rings. The lowest BCUT2D eigenvalue weighted by Gasteiger charge is -1.96. The summed E-state index contributed by atoms with van der Waals surface area (Å²) in [5.41, 5.74) is 5.78. The first kappa shape index (κ1) is 9.21. The quantitative estimate of drug-likeness (QED) is 0.657. The minimum atomic E-state index is 0.582. The van der Waals surface area contributed by atoms with Crippen LogP contribution in [-0.2, 0) is 6.54 Å². The van der Waals surface area contributed by atoms with Gasteiger partial charge in [0.1, 0.15) is 0 Å². The summed E-state index contributed by atoms with van der Waals surface area (Å²) in [6, 6.07) is 2.04. The summed E-state index contributed by atoms with van der Waals surface area (Å²) in [4.78, 5) is 5.62. The van der Waals surface area contributed by atoms with Crippen molar-refractivity contribution in [1.29, 1.82) is 0 Å². The van der Waals surface area contributed by atoms with Crippen LogP contribution >= 0.6 is 27.3 Å². The molecule has 0 amide bonds. The Labute approximate surface area is 90.0 Å². The van der Waals surface area contributed by atoms with E-state index in [-0.39, 0.29) is 0 Å². The van der Waals surface area contributed by atoms with E-state index in [4.69, 9.17) is 5.73 Å². The molecule has 2 rings (SSSR count). The van der Waals surface area contributed by atoms with Crippen LogP contribution < -0.4 is 5.73 Å². The summed E-state index contributed by atoms with van der Waals surface area (Å²) in [6.45, 7) is 0.723. The summed E-state index contributed by atoms with van der Waals surface area (Å²) in [5, 5.41) is 2.06. The van der Waals surface area contributed by atoms with Crippen LogP contribution in [0, 0.1) is 5.92 Å². The molecule has 2 nitrogen and oxygen atoms in total. The lowest BCUT2D eigenvalue weighted by molar-refractivity contribution is 1.03. The Balaban J connectivity index is 1.98. The van der Waals surface area contributed by atoms with E-state index in [0.717, 1.165) is 16.9 Å². The Morgan fingerprint density at radius 1 is 1.69 bits per heavy atom. The molecule has 0 unspecified atom stereocenters. The van der Waals surface area contributed by atoms with Crippen molar-refractivity contribution in [3.63, 3.8) is 0 Å². The topological polar surface area (TPSA) is 38.4 Å². The molecule has 1 heterocycles. The van der Waals surface area contributed by atoms with Gasteiger partial charge in [0, 0.05) is 15.3 Å². The molecular formula is C9H11BrN2S. The first-order valence-electron chi connectivity index (χ1n) is 4.29. The lowest BCUT2D eigenvalue weighted by atomic mass is 10.4. The molecule has 1 aromatic heterocycles. The molecule has 4 heteroatoms. The molecule has 2 N–H and O–H groups in total. The summed E-state index contributed by atoms with van der Waals surface area (Å²) in [6.07, 6.45) is 2.45. The summed E-state index contributed by atoms with van der Waals surface area (Å²) in [5.74, 6) is 1.42. The monoisotopic (exact) mass is 258 g/mol. The average Bonchev–Trinajstić information content (AvgIpc) is 2.88. The Morgan fingerprint density at radius 2 is 2.46 bits per heavy atom. The van der Waals surface area contributed by atoms with Crippen molar-refractivity contribution in [3.05, 3.63) is 20.8 Å². The van der Waals surface area contributed by atoms with E-state index in [2.05, 4.69) is 26.3 Å². The molecule has 0 atom stereocenters. The van der Waals surface area contributed by atoms with Gasteiger partial charge in [-0.1, -0.05) is 0 Å². The molecule has 1 aliphatic rings. The lowest BCUT2D eigenvalue weighted by Crippen LogP contribution is -2.13. The minimum Gasteiger partial charge on any atom is -0.387 e. The van der Waals surface area contributed by atoms with Gasteiger partial charge >= 0.3 is 0 Å². The van der Waals surface area contributed by atoms with Crippen molar-refractivity contribution in [3.8, 4) is 0 Å². The highest BCUT2D eigenvalue weighted by Crippen LogP contribution is 2.29. The van der Waals surface area contributed by atoms with Crippen molar-refractivity contribution in [1.82, 2.24) is 0 Å². The van der Waals surface area contributed by atoms with Gasteiger partial charge in [-0.3, -0.25) is 4.99 Å². The molecule has 13 heavy (non-hydrogen) atoms. The Bertz CT molecular complexity index is 328. The minimum absolute atomic E-state index is 0.582. The van der Waals surface area contributed by atoms with Crippen molar-refractivity contribution in [2.45, 2.75) is 19.4 Å².